The SMILES string of the molecule is COC(=O)c1ccc(Cc2cn(C(F)F)c3ccc([N+](=O)[O-])cc23)c(OC)c1. The van der Waals surface area contributed by atoms with Gasteiger partial charge in [0.25, 0.3) is 5.69 Å². The lowest BCUT2D eigenvalue weighted by atomic mass is 10.0. The average molecular weight is 390 g/mol. The predicted octanol–water partition coefficient (Wildman–Crippen LogP) is 4.33. The number of hydrogen-bond donors (Lipinski definition) is 0. The van der Waals surface area contributed by atoms with Gasteiger partial charge in [-0.3, -0.25) is 14.7 Å². The molecule has 2 aromatic carbocycles. The van der Waals surface area contributed by atoms with Crippen molar-refractivity contribution in [3.05, 3.63) is 69.4 Å². The van der Waals surface area contributed by atoms with Gasteiger partial charge in [-0.2, -0.15) is 8.78 Å². The number of nitro benzene ring substituents is 1. The Bertz CT molecular complexity index is 1060. The van der Waals surface area contributed by atoms with E-state index in [4.69, 9.17) is 4.74 Å². The van der Waals surface area contributed by atoms with Crippen LogP contribution >= 0.6 is 0 Å². The lowest BCUT2D eigenvalue weighted by molar-refractivity contribution is -0.384. The van der Waals surface area contributed by atoms with Gasteiger partial charge in [-0.05, 0) is 29.3 Å². The highest BCUT2D eigenvalue weighted by Gasteiger charge is 2.19. The molecule has 0 aliphatic rings. The number of benzene rings is 2. The molecule has 28 heavy (non-hydrogen) atoms. The molecule has 1 heterocycles. The summed E-state index contributed by atoms with van der Waals surface area (Å²) >= 11 is 0. The summed E-state index contributed by atoms with van der Waals surface area (Å²) in [5, 5.41) is 11.4. The third-order valence-electron chi connectivity index (χ3n) is 4.41. The Kier molecular flexibility index (Phi) is 5.25. The molecule has 0 saturated heterocycles. The first kappa shape index (κ1) is 19.3. The molecule has 0 fully saturated rings. The Balaban J connectivity index is 2.10. The molecule has 3 aromatic rings. The molecule has 0 spiro atoms. The maximum Gasteiger partial charge on any atom is 0.337 e. The van der Waals surface area contributed by atoms with E-state index in [0.29, 0.717) is 22.3 Å². The quantitative estimate of drug-likeness (QED) is 0.355. The molecule has 9 heteroatoms. The number of rotatable bonds is 6. The van der Waals surface area contributed by atoms with E-state index in [0.717, 1.165) is 4.57 Å². The second-order valence-electron chi connectivity index (χ2n) is 5.99. The number of alkyl halides is 2. The number of ether oxygens (including phenoxy) is 2. The first-order chi connectivity index (χ1) is 13.3. The molecule has 0 saturated carbocycles. The number of nitrogens with zero attached hydrogens (tertiary/aromatic N) is 2. The fourth-order valence-electron chi connectivity index (χ4n) is 3.07. The first-order valence-corrected chi connectivity index (χ1v) is 8.17. The lowest BCUT2D eigenvalue weighted by Crippen LogP contribution is -2.03. The van der Waals surface area contributed by atoms with Crippen molar-refractivity contribution >= 4 is 22.6 Å². The van der Waals surface area contributed by atoms with E-state index in [-0.39, 0.29) is 23.2 Å². The van der Waals surface area contributed by atoms with Gasteiger partial charge in [0.15, 0.2) is 0 Å². The topological polar surface area (TPSA) is 83.6 Å². The lowest BCUT2D eigenvalue weighted by Gasteiger charge is -2.10. The molecule has 7 nitrogen and oxygen atoms in total. The summed E-state index contributed by atoms with van der Waals surface area (Å²) in [5.74, 6) is -0.152. The number of aromatic nitrogens is 1. The van der Waals surface area contributed by atoms with Crippen LogP contribution in [0, 0.1) is 10.1 Å². The van der Waals surface area contributed by atoms with E-state index >= 15 is 0 Å². The van der Waals surface area contributed by atoms with Crippen molar-refractivity contribution in [2.45, 2.75) is 13.0 Å². The van der Waals surface area contributed by atoms with Crippen molar-refractivity contribution in [3.63, 3.8) is 0 Å². The number of halogens is 2. The molecule has 0 aliphatic carbocycles. The fraction of sp³-hybridized carbons (Fsp3) is 0.211. The van der Waals surface area contributed by atoms with Crippen LogP contribution < -0.4 is 4.74 Å². The summed E-state index contributed by atoms with van der Waals surface area (Å²) in [5.41, 5.74) is 1.40. The van der Waals surface area contributed by atoms with Crippen LogP contribution in [0.3, 0.4) is 0 Å². The van der Waals surface area contributed by atoms with Crippen LogP contribution in [0.2, 0.25) is 0 Å². The summed E-state index contributed by atoms with van der Waals surface area (Å²) in [6, 6.07) is 8.44. The molecule has 0 N–H and O–H groups in total. The van der Waals surface area contributed by atoms with Gasteiger partial charge in [0, 0.05) is 30.1 Å². The Morgan fingerprint density at radius 2 is 1.93 bits per heavy atom. The van der Waals surface area contributed by atoms with Gasteiger partial charge in [-0.25, -0.2) is 4.79 Å². The van der Waals surface area contributed by atoms with Gasteiger partial charge >= 0.3 is 12.5 Å². The van der Waals surface area contributed by atoms with Gasteiger partial charge in [0.05, 0.1) is 30.2 Å². The van der Waals surface area contributed by atoms with E-state index in [2.05, 4.69) is 4.74 Å². The Labute approximate surface area is 158 Å². The van der Waals surface area contributed by atoms with Crippen LogP contribution in [0.25, 0.3) is 10.9 Å². The Hall–Kier alpha value is -3.49. The predicted molar refractivity (Wildman–Crippen MR) is 97.0 cm³/mol. The summed E-state index contributed by atoms with van der Waals surface area (Å²) in [6.45, 7) is -2.79. The average Bonchev–Trinajstić information content (AvgIpc) is 3.05. The molecule has 0 unspecified atom stereocenters. The second kappa shape index (κ2) is 7.63. The molecule has 0 radical (unpaired) electrons. The largest absolute Gasteiger partial charge is 0.496 e. The van der Waals surface area contributed by atoms with Crippen LogP contribution in [0.4, 0.5) is 14.5 Å². The van der Waals surface area contributed by atoms with E-state index in [1.807, 2.05) is 0 Å². The van der Waals surface area contributed by atoms with Crippen LogP contribution in [-0.4, -0.2) is 29.7 Å². The van der Waals surface area contributed by atoms with Crippen LogP contribution in [0.5, 0.6) is 5.75 Å². The maximum absolute atomic E-state index is 13.4. The van der Waals surface area contributed by atoms with Gasteiger partial charge < -0.3 is 9.47 Å². The van der Waals surface area contributed by atoms with Crippen LogP contribution in [-0.2, 0) is 11.2 Å². The highest BCUT2D eigenvalue weighted by atomic mass is 19.3. The number of hydrogen-bond acceptors (Lipinski definition) is 5. The standard InChI is InChI=1S/C19H16F2N2O5/c1-27-17-8-12(18(24)28-2)4-3-11(17)7-13-10-22(19(20)21)16-6-5-14(23(25)26)9-15(13)16/h3-6,8-10,19H,7H2,1-2H3. The summed E-state index contributed by atoms with van der Waals surface area (Å²) in [4.78, 5) is 22.2. The molecular weight excluding hydrogens is 374 g/mol. The van der Waals surface area contributed by atoms with Gasteiger partial charge in [0.1, 0.15) is 5.75 Å². The number of carbonyl (C=O) groups excluding carboxylic acids is 1. The fourth-order valence-corrected chi connectivity index (χ4v) is 3.07. The van der Waals surface area contributed by atoms with Crippen molar-refractivity contribution in [1.82, 2.24) is 4.57 Å². The highest BCUT2D eigenvalue weighted by Crippen LogP contribution is 2.32. The number of carbonyl (C=O) groups is 1. The number of esters is 1. The van der Waals surface area contributed by atoms with Gasteiger partial charge in [0.2, 0.25) is 0 Å². The van der Waals surface area contributed by atoms with Gasteiger partial charge in [-0.1, -0.05) is 6.07 Å². The van der Waals surface area contributed by atoms with Crippen molar-refractivity contribution in [2.24, 2.45) is 0 Å². The van der Waals surface area contributed by atoms with Gasteiger partial charge in [-0.15, -0.1) is 0 Å². The number of fused-ring (bicyclic) bond motifs is 1. The second-order valence-corrected chi connectivity index (χ2v) is 5.99. The maximum atomic E-state index is 13.4. The van der Waals surface area contributed by atoms with E-state index < -0.39 is 17.4 Å². The minimum atomic E-state index is -2.79. The van der Waals surface area contributed by atoms with Crippen LogP contribution in [0.1, 0.15) is 28.0 Å². The molecule has 0 bridgehead atoms. The molecule has 0 aliphatic heterocycles. The van der Waals surface area contributed by atoms with Crippen molar-refractivity contribution in [2.75, 3.05) is 14.2 Å². The Morgan fingerprint density at radius 1 is 1.18 bits per heavy atom. The monoisotopic (exact) mass is 390 g/mol. The zero-order valence-electron chi connectivity index (χ0n) is 15.0. The number of methoxy groups -OCH3 is 2. The zero-order chi connectivity index (χ0) is 20.4. The Morgan fingerprint density at radius 3 is 2.54 bits per heavy atom. The minimum absolute atomic E-state index is 0.183. The number of nitro groups is 1. The smallest absolute Gasteiger partial charge is 0.337 e. The third kappa shape index (κ3) is 3.51. The molecular formula is C19H16F2N2O5. The number of non-ortho nitro benzene ring substituents is 1. The van der Waals surface area contributed by atoms with Crippen molar-refractivity contribution in [1.29, 1.82) is 0 Å². The summed E-state index contributed by atoms with van der Waals surface area (Å²) in [6.07, 6.45) is 1.45. The van der Waals surface area contributed by atoms with Crippen molar-refractivity contribution in [3.8, 4) is 5.75 Å². The summed E-state index contributed by atoms with van der Waals surface area (Å²) in [7, 11) is 2.68. The summed E-state index contributed by atoms with van der Waals surface area (Å²) < 4.78 is 37.5. The van der Waals surface area contributed by atoms with E-state index in [1.165, 1.54) is 44.7 Å². The third-order valence-corrected chi connectivity index (χ3v) is 4.41. The zero-order valence-corrected chi connectivity index (χ0v) is 15.0. The minimum Gasteiger partial charge on any atom is -0.496 e. The normalized spacial score (nSPS) is 11.0. The highest BCUT2D eigenvalue weighted by molar-refractivity contribution is 5.90. The molecule has 146 valence electrons. The molecule has 0 atom stereocenters. The van der Waals surface area contributed by atoms with Crippen molar-refractivity contribution < 1.29 is 28.0 Å². The van der Waals surface area contributed by atoms with E-state index in [9.17, 15) is 23.7 Å². The molecule has 0 amide bonds. The first-order valence-electron chi connectivity index (χ1n) is 8.17. The van der Waals surface area contributed by atoms with E-state index in [1.54, 1.807) is 12.1 Å². The molecule has 3 rings (SSSR count). The molecule has 1 aromatic heterocycles. The van der Waals surface area contributed by atoms with Crippen LogP contribution in [0.15, 0.2) is 42.6 Å².